The van der Waals surface area contributed by atoms with Crippen molar-refractivity contribution in [3.63, 3.8) is 0 Å². The average Bonchev–Trinajstić information content (AvgIpc) is 1.87. The van der Waals surface area contributed by atoms with Gasteiger partial charge in [0.05, 0.1) is 0 Å². The summed E-state index contributed by atoms with van der Waals surface area (Å²) in [6, 6.07) is 0. The highest BCUT2D eigenvalue weighted by Crippen LogP contribution is 2.12. The third kappa shape index (κ3) is 4.65. The van der Waals surface area contributed by atoms with Gasteiger partial charge in [0.1, 0.15) is 5.60 Å². The van der Waals surface area contributed by atoms with Crippen LogP contribution in [0, 0.1) is 0 Å². The van der Waals surface area contributed by atoms with E-state index in [9.17, 15) is 4.79 Å². The van der Waals surface area contributed by atoms with Crippen molar-refractivity contribution in [1.82, 2.24) is 5.32 Å². The lowest BCUT2D eigenvalue weighted by Gasteiger charge is -2.22. The summed E-state index contributed by atoms with van der Waals surface area (Å²) in [5, 5.41) is 2.57. The van der Waals surface area contributed by atoms with E-state index < -0.39 is 0 Å². The van der Waals surface area contributed by atoms with Crippen LogP contribution in [0.2, 0.25) is 0 Å². The molecule has 11 heavy (non-hydrogen) atoms. The maximum atomic E-state index is 10.9. The summed E-state index contributed by atoms with van der Waals surface area (Å²) in [4.78, 5) is 10.9. The van der Waals surface area contributed by atoms with Crippen molar-refractivity contribution in [3.8, 4) is 0 Å². The molecule has 1 N–H and O–H groups in total. The van der Waals surface area contributed by atoms with Gasteiger partial charge in [-0.05, 0) is 27.2 Å². The Bertz CT molecular complexity index is 132. The summed E-state index contributed by atoms with van der Waals surface area (Å²) >= 11 is 0. The quantitative estimate of drug-likeness (QED) is 0.683. The highest BCUT2D eigenvalue weighted by Gasteiger charge is 2.19. The Hall–Kier alpha value is -0.730. The van der Waals surface area contributed by atoms with E-state index in [0.29, 0.717) is 6.54 Å². The lowest BCUT2D eigenvalue weighted by molar-refractivity contribution is 0.0366. The number of hydrogen-bond acceptors (Lipinski definition) is 2. The second-order valence-corrected chi connectivity index (χ2v) is 3.03. The second-order valence-electron chi connectivity index (χ2n) is 3.03. The second kappa shape index (κ2) is 4.21. The van der Waals surface area contributed by atoms with E-state index in [1.54, 1.807) is 0 Å². The van der Waals surface area contributed by atoms with Gasteiger partial charge in [0.2, 0.25) is 0 Å². The van der Waals surface area contributed by atoms with Crippen LogP contribution in [-0.2, 0) is 4.74 Å². The van der Waals surface area contributed by atoms with Crippen molar-refractivity contribution >= 4 is 6.09 Å². The molecule has 0 unspecified atom stereocenters. The van der Waals surface area contributed by atoms with E-state index in [2.05, 4.69) is 5.32 Å². The number of rotatable bonds is 3. The van der Waals surface area contributed by atoms with Crippen LogP contribution < -0.4 is 5.32 Å². The summed E-state index contributed by atoms with van der Waals surface area (Å²) in [6.45, 7) is 8.24. The molecule has 0 bridgehead atoms. The Balaban J connectivity index is 3.74. The van der Waals surface area contributed by atoms with E-state index in [1.807, 2.05) is 27.7 Å². The first kappa shape index (κ1) is 10.3. The SMILES string of the molecule is CCNC(=O)OC(C)(C)CC. The number of carbonyl (C=O) groups excluding carboxylic acids is 1. The van der Waals surface area contributed by atoms with Crippen LogP contribution >= 0.6 is 0 Å². The van der Waals surface area contributed by atoms with Crippen LogP contribution in [0.25, 0.3) is 0 Å². The Labute approximate surface area is 68.1 Å². The number of hydrogen-bond donors (Lipinski definition) is 1. The molecule has 3 heteroatoms. The maximum absolute atomic E-state index is 10.9. The molecule has 3 nitrogen and oxygen atoms in total. The van der Waals surface area contributed by atoms with Gasteiger partial charge in [0.25, 0.3) is 0 Å². The van der Waals surface area contributed by atoms with Crippen LogP contribution in [0.5, 0.6) is 0 Å². The molecular formula is C8H17NO2. The fraction of sp³-hybridized carbons (Fsp3) is 0.875. The lowest BCUT2D eigenvalue weighted by atomic mass is 10.1. The molecule has 0 fully saturated rings. The molecule has 0 aromatic heterocycles. The van der Waals surface area contributed by atoms with Crippen LogP contribution in [-0.4, -0.2) is 18.2 Å². The fourth-order valence-corrected chi connectivity index (χ4v) is 0.504. The number of amides is 1. The highest BCUT2D eigenvalue weighted by molar-refractivity contribution is 5.67. The zero-order chi connectivity index (χ0) is 8.91. The monoisotopic (exact) mass is 159 g/mol. The van der Waals surface area contributed by atoms with Crippen molar-refractivity contribution in [2.24, 2.45) is 0 Å². The van der Waals surface area contributed by atoms with Gasteiger partial charge in [0.15, 0.2) is 0 Å². The third-order valence-electron chi connectivity index (χ3n) is 1.54. The van der Waals surface area contributed by atoms with E-state index in [0.717, 1.165) is 6.42 Å². The molecule has 0 radical (unpaired) electrons. The molecular weight excluding hydrogens is 142 g/mol. The molecule has 0 aliphatic heterocycles. The smallest absolute Gasteiger partial charge is 0.407 e. The fourth-order valence-electron chi connectivity index (χ4n) is 0.504. The molecule has 0 aliphatic carbocycles. The van der Waals surface area contributed by atoms with Crippen molar-refractivity contribution in [3.05, 3.63) is 0 Å². The van der Waals surface area contributed by atoms with Gasteiger partial charge >= 0.3 is 6.09 Å². The standard InChI is InChI=1S/C8H17NO2/c1-5-8(3,4)11-7(10)9-6-2/h5-6H2,1-4H3,(H,9,10). The van der Waals surface area contributed by atoms with Crippen LogP contribution in [0.3, 0.4) is 0 Å². The van der Waals surface area contributed by atoms with Crippen LogP contribution in [0.4, 0.5) is 4.79 Å². The van der Waals surface area contributed by atoms with Gasteiger partial charge in [-0.2, -0.15) is 0 Å². The summed E-state index contributed by atoms with van der Waals surface area (Å²) in [5.41, 5.74) is -0.348. The average molecular weight is 159 g/mol. The molecule has 0 atom stereocenters. The van der Waals surface area contributed by atoms with Gasteiger partial charge in [-0.1, -0.05) is 6.92 Å². The third-order valence-corrected chi connectivity index (χ3v) is 1.54. The minimum absolute atomic E-state index is 0.334. The molecule has 0 rings (SSSR count). The summed E-state index contributed by atoms with van der Waals surface area (Å²) in [6.07, 6.45) is 0.490. The van der Waals surface area contributed by atoms with E-state index in [-0.39, 0.29) is 11.7 Å². The molecule has 0 heterocycles. The van der Waals surface area contributed by atoms with Crippen molar-refractivity contribution < 1.29 is 9.53 Å². The first-order chi connectivity index (χ1) is 5.02. The molecule has 0 aliphatic rings. The molecule has 0 saturated carbocycles. The zero-order valence-corrected chi connectivity index (χ0v) is 7.73. The predicted octanol–water partition coefficient (Wildman–Crippen LogP) is 1.92. The first-order valence-electron chi connectivity index (χ1n) is 3.98. The molecule has 0 saturated heterocycles. The molecule has 66 valence electrons. The maximum Gasteiger partial charge on any atom is 0.407 e. The van der Waals surface area contributed by atoms with Crippen molar-refractivity contribution in [2.75, 3.05) is 6.54 Å². The lowest BCUT2D eigenvalue weighted by Crippen LogP contribution is -2.33. The first-order valence-corrected chi connectivity index (χ1v) is 3.98. The zero-order valence-electron chi connectivity index (χ0n) is 7.73. The Kier molecular flexibility index (Phi) is 3.93. The van der Waals surface area contributed by atoms with E-state index in [1.165, 1.54) is 0 Å². The Morgan fingerprint density at radius 2 is 2.00 bits per heavy atom. The van der Waals surface area contributed by atoms with Crippen molar-refractivity contribution in [1.29, 1.82) is 0 Å². The topological polar surface area (TPSA) is 38.3 Å². The normalized spacial score (nSPS) is 10.9. The van der Waals surface area contributed by atoms with E-state index in [4.69, 9.17) is 4.74 Å². The molecule has 0 aromatic rings. The minimum atomic E-state index is -0.348. The summed E-state index contributed by atoms with van der Waals surface area (Å²) in [7, 11) is 0. The van der Waals surface area contributed by atoms with Gasteiger partial charge in [-0.3, -0.25) is 0 Å². The van der Waals surface area contributed by atoms with Gasteiger partial charge < -0.3 is 10.1 Å². The number of carbonyl (C=O) groups is 1. The molecule has 0 spiro atoms. The van der Waals surface area contributed by atoms with Gasteiger partial charge in [-0.25, -0.2) is 4.79 Å². The molecule has 1 amide bonds. The van der Waals surface area contributed by atoms with Gasteiger partial charge in [0, 0.05) is 6.54 Å². The number of nitrogens with one attached hydrogen (secondary N) is 1. The molecule has 0 aromatic carbocycles. The Morgan fingerprint density at radius 1 is 1.45 bits per heavy atom. The largest absolute Gasteiger partial charge is 0.444 e. The van der Waals surface area contributed by atoms with Crippen molar-refractivity contribution in [2.45, 2.75) is 39.7 Å². The highest BCUT2D eigenvalue weighted by atomic mass is 16.6. The van der Waals surface area contributed by atoms with Gasteiger partial charge in [-0.15, -0.1) is 0 Å². The predicted molar refractivity (Wildman–Crippen MR) is 44.5 cm³/mol. The Morgan fingerprint density at radius 3 is 2.36 bits per heavy atom. The van der Waals surface area contributed by atoms with Crippen LogP contribution in [0.1, 0.15) is 34.1 Å². The minimum Gasteiger partial charge on any atom is -0.444 e. The number of ether oxygens (including phenoxy) is 1. The summed E-state index contributed by atoms with van der Waals surface area (Å²) < 4.78 is 5.08. The van der Waals surface area contributed by atoms with Crippen LogP contribution in [0.15, 0.2) is 0 Å². The summed E-state index contributed by atoms with van der Waals surface area (Å²) in [5.74, 6) is 0. The number of alkyl carbamates (subject to hydrolysis) is 1. The van der Waals surface area contributed by atoms with E-state index >= 15 is 0 Å².